The second-order valence-electron chi connectivity index (χ2n) is 4.10. The summed E-state index contributed by atoms with van der Waals surface area (Å²) in [5.74, 6) is 0. The number of methoxy groups -OCH3 is 1. The minimum absolute atomic E-state index is 0.122. The number of hydrogen-bond donors (Lipinski definition) is 0. The fourth-order valence-electron chi connectivity index (χ4n) is 1.99. The molecule has 1 aliphatic rings. The van der Waals surface area contributed by atoms with Crippen LogP contribution in [-0.2, 0) is 14.2 Å². The van der Waals surface area contributed by atoms with Gasteiger partial charge in [0.15, 0.2) is 0 Å². The lowest BCUT2D eigenvalue weighted by atomic mass is 10.1. The molecule has 0 aromatic carbocycles. The van der Waals surface area contributed by atoms with Crippen LogP contribution in [0.5, 0.6) is 0 Å². The molecule has 1 heterocycles. The van der Waals surface area contributed by atoms with E-state index in [0.29, 0.717) is 6.61 Å². The minimum atomic E-state index is 0.122. The molecule has 0 aromatic heterocycles. The standard InChI is InChI=1S/C12H24O3/c1-4-6-7-8-14-12-10(5-2)15-9-11(12)13-3/h10-12H,4-9H2,1-3H3. The average Bonchev–Trinajstić information content (AvgIpc) is 2.66. The Labute approximate surface area is 93.1 Å². The molecule has 0 amide bonds. The lowest BCUT2D eigenvalue weighted by molar-refractivity contribution is -0.0504. The summed E-state index contributed by atoms with van der Waals surface area (Å²) < 4.78 is 16.9. The molecular formula is C12H24O3. The first-order valence-electron chi connectivity index (χ1n) is 6.09. The fraction of sp³-hybridized carbons (Fsp3) is 1.00. The normalized spacial score (nSPS) is 31.0. The maximum absolute atomic E-state index is 5.86. The molecule has 0 N–H and O–H groups in total. The van der Waals surface area contributed by atoms with Gasteiger partial charge in [0.1, 0.15) is 12.2 Å². The van der Waals surface area contributed by atoms with Crippen molar-refractivity contribution >= 4 is 0 Å². The van der Waals surface area contributed by atoms with Crippen molar-refractivity contribution in [1.29, 1.82) is 0 Å². The largest absolute Gasteiger partial charge is 0.376 e. The first-order chi connectivity index (χ1) is 7.33. The third kappa shape index (κ3) is 3.74. The van der Waals surface area contributed by atoms with Crippen LogP contribution in [0.1, 0.15) is 39.5 Å². The summed E-state index contributed by atoms with van der Waals surface area (Å²) in [5.41, 5.74) is 0. The van der Waals surface area contributed by atoms with Crippen molar-refractivity contribution in [2.75, 3.05) is 20.3 Å². The third-order valence-electron chi connectivity index (χ3n) is 2.97. The first kappa shape index (κ1) is 12.9. The lowest BCUT2D eigenvalue weighted by Crippen LogP contribution is -2.34. The Kier molecular flexibility index (Phi) is 6.22. The van der Waals surface area contributed by atoms with Gasteiger partial charge >= 0.3 is 0 Å². The van der Waals surface area contributed by atoms with Gasteiger partial charge in [0, 0.05) is 13.7 Å². The summed E-state index contributed by atoms with van der Waals surface area (Å²) in [7, 11) is 1.73. The smallest absolute Gasteiger partial charge is 0.112 e. The van der Waals surface area contributed by atoms with Crippen LogP contribution in [0.15, 0.2) is 0 Å². The van der Waals surface area contributed by atoms with E-state index in [1.165, 1.54) is 12.8 Å². The number of rotatable bonds is 7. The average molecular weight is 216 g/mol. The zero-order chi connectivity index (χ0) is 11.1. The molecule has 0 radical (unpaired) electrons. The molecule has 0 spiro atoms. The fourth-order valence-corrected chi connectivity index (χ4v) is 1.99. The van der Waals surface area contributed by atoms with Crippen LogP contribution in [0.2, 0.25) is 0 Å². The molecule has 3 atom stereocenters. The molecule has 1 aliphatic heterocycles. The lowest BCUT2D eigenvalue weighted by Gasteiger charge is -2.21. The van der Waals surface area contributed by atoms with E-state index in [-0.39, 0.29) is 18.3 Å². The van der Waals surface area contributed by atoms with E-state index < -0.39 is 0 Å². The second kappa shape index (κ2) is 7.20. The van der Waals surface area contributed by atoms with Gasteiger partial charge in [-0.3, -0.25) is 0 Å². The van der Waals surface area contributed by atoms with Gasteiger partial charge in [0.05, 0.1) is 12.7 Å². The van der Waals surface area contributed by atoms with E-state index in [9.17, 15) is 0 Å². The second-order valence-corrected chi connectivity index (χ2v) is 4.10. The Bertz CT molecular complexity index is 149. The molecular weight excluding hydrogens is 192 g/mol. The zero-order valence-corrected chi connectivity index (χ0v) is 10.2. The Morgan fingerprint density at radius 2 is 2.07 bits per heavy atom. The van der Waals surface area contributed by atoms with Crippen molar-refractivity contribution in [3.8, 4) is 0 Å². The van der Waals surface area contributed by atoms with E-state index >= 15 is 0 Å². The van der Waals surface area contributed by atoms with Crippen molar-refractivity contribution in [2.24, 2.45) is 0 Å². The molecule has 3 nitrogen and oxygen atoms in total. The van der Waals surface area contributed by atoms with E-state index in [0.717, 1.165) is 19.4 Å². The highest BCUT2D eigenvalue weighted by Gasteiger charge is 2.36. The Morgan fingerprint density at radius 1 is 1.27 bits per heavy atom. The molecule has 1 saturated heterocycles. The van der Waals surface area contributed by atoms with Gasteiger partial charge in [-0.05, 0) is 12.8 Å². The minimum Gasteiger partial charge on any atom is -0.376 e. The molecule has 1 rings (SSSR count). The highest BCUT2D eigenvalue weighted by molar-refractivity contribution is 4.84. The molecule has 0 bridgehead atoms. The van der Waals surface area contributed by atoms with Gasteiger partial charge in [-0.15, -0.1) is 0 Å². The molecule has 0 aliphatic carbocycles. The summed E-state index contributed by atoms with van der Waals surface area (Å²) in [5, 5.41) is 0. The number of ether oxygens (including phenoxy) is 3. The monoisotopic (exact) mass is 216 g/mol. The maximum atomic E-state index is 5.86. The molecule has 90 valence electrons. The Hall–Kier alpha value is -0.120. The van der Waals surface area contributed by atoms with Gasteiger partial charge in [-0.2, -0.15) is 0 Å². The Balaban J connectivity index is 2.27. The SMILES string of the molecule is CCCCCOC1C(OC)COC1CC. The van der Waals surface area contributed by atoms with Crippen LogP contribution in [-0.4, -0.2) is 38.6 Å². The van der Waals surface area contributed by atoms with Crippen molar-refractivity contribution in [3.63, 3.8) is 0 Å². The van der Waals surface area contributed by atoms with Gasteiger partial charge in [0.2, 0.25) is 0 Å². The predicted molar refractivity (Wildman–Crippen MR) is 60.1 cm³/mol. The highest BCUT2D eigenvalue weighted by Crippen LogP contribution is 2.22. The summed E-state index contributed by atoms with van der Waals surface area (Å²) >= 11 is 0. The first-order valence-corrected chi connectivity index (χ1v) is 6.09. The van der Waals surface area contributed by atoms with Crippen LogP contribution in [0, 0.1) is 0 Å². The molecule has 3 heteroatoms. The molecule has 0 saturated carbocycles. The van der Waals surface area contributed by atoms with Gasteiger partial charge < -0.3 is 14.2 Å². The Morgan fingerprint density at radius 3 is 2.67 bits per heavy atom. The van der Waals surface area contributed by atoms with E-state index in [4.69, 9.17) is 14.2 Å². The van der Waals surface area contributed by atoms with Crippen LogP contribution in [0.3, 0.4) is 0 Å². The molecule has 0 aromatic rings. The van der Waals surface area contributed by atoms with Crippen LogP contribution in [0.25, 0.3) is 0 Å². The van der Waals surface area contributed by atoms with Crippen LogP contribution >= 0.6 is 0 Å². The van der Waals surface area contributed by atoms with E-state index in [1.54, 1.807) is 7.11 Å². The summed E-state index contributed by atoms with van der Waals surface area (Å²) in [4.78, 5) is 0. The highest BCUT2D eigenvalue weighted by atomic mass is 16.6. The van der Waals surface area contributed by atoms with Crippen LogP contribution < -0.4 is 0 Å². The van der Waals surface area contributed by atoms with Crippen LogP contribution in [0.4, 0.5) is 0 Å². The van der Waals surface area contributed by atoms with E-state index in [1.807, 2.05) is 0 Å². The molecule has 3 unspecified atom stereocenters. The number of unbranched alkanes of at least 4 members (excludes halogenated alkanes) is 2. The maximum Gasteiger partial charge on any atom is 0.112 e. The topological polar surface area (TPSA) is 27.7 Å². The summed E-state index contributed by atoms with van der Waals surface area (Å²) in [6.07, 6.45) is 5.08. The molecule has 15 heavy (non-hydrogen) atoms. The van der Waals surface area contributed by atoms with Crippen molar-refractivity contribution in [2.45, 2.75) is 57.8 Å². The van der Waals surface area contributed by atoms with E-state index in [2.05, 4.69) is 13.8 Å². The van der Waals surface area contributed by atoms with Gasteiger partial charge in [0.25, 0.3) is 0 Å². The summed E-state index contributed by atoms with van der Waals surface area (Å²) in [6, 6.07) is 0. The number of hydrogen-bond acceptors (Lipinski definition) is 3. The van der Waals surface area contributed by atoms with Crippen molar-refractivity contribution in [1.82, 2.24) is 0 Å². The van der Waals surface area contributed by atoms with Gasteiger partial charge in [-0.25, -0.2) is 0 Å². The quantitative estimate of drug-likeness (QED) is 0.612. The third-order valence-corrected chi connectivity index (χ3v) is 2.97. The van der Waals surface area contributed by atoms with Crippen molar-refractivity contribution < 1.29 is 14.2 Å². The zero-order valence-electron chi connectivity index (χ0n) is 10.2. The molecule has 1 fully saturated rings. The van der Waals surface area contributed by atoms with Crippen molar-refractivity contribution in [3.05, 3.63) is 0 Å². The van der Waals surface area contributed by atoms with Gasteiger partial charge in [-0.1, -0.05) is 26.7 Å². The summed E-state index contributed by atoms with van der Waals surface area (Å²) in [6.45, 7) is 5.84. The predicted octanol–water partition coefficient (Wildman–Crippen LogP) is 2.39.